The van der Waals surface area contributed by atoms with E-state index >= 15 is 0 Å². The van der Waals surface area contributed by atoms with Crippen LogP contribution < -0.4 is 5.48 Å². The van der Waals surface area contributed by atoms with Crippen molar-refractivity contribution >= 4 is 5.97 Å². The van der Waals surface area contributed by atoms with Gasteiger partial charge in [-0.2, -0.15) is 0 Å². The molecule has 0 saturated carbocycles. The zero-order valence-electron chi connectivity index (χ0n) is 12.5. The summed E-state index contributed by atoms with van der Waals surface area (Å²) in [6, 6.07) is 21.2. The fraction of sp³-hybridized carbons (Fsp3) is 0.0526. The molecule has 4 nitrogen and oxygen atoms in total. The average molecular weight is 304 g/mol. The Morgan fingerprint density at radius 1 is 0.957 bits per heavy atom. The Morgan fingerprint density at radius 2 is 1.65 bits per heavy atom. The predicted molar refractivity (Wildman–Crippen MR) is 88.4 cm³/mol. The molecule has 0 atom stereocenters. The van der Waals surface area contributed by atoms with E-state index in [1.54, 1.807) is 6.20 Å². The van der Waals surface area contributed by atoms with Crippen LogP contribution in [0.25, 0.3) is 11.1 Å². The monoisotopic (exact) mass is 304 g/mol. The Bertz CT molecular complexity index is 774. The molecule has 23 heavy (non-hydrogen) atoms. The maximum Gasteiger partial charge on any atom is 0.359 e. The topological polar surface area (TPSA) is 51.2 Å². The van der Waals surface area contributed by atoms with E-state index in [9.17, 15) is 4.79 Å². The lowest BCUT2D eigenvalue weighted by atomic mass is 10.0. The van der Waals surface area contributed by atoms with Crippen LogP contribution >= 0.6 is 0 Å². The Labute approximate surface area is 134 Å². The van der Waals surface area contributed by atoms with Gasteiger partial charge in [-0.25, -0.2) is 4.79 Å². The first kappa shape index (κ1) is 14.9. The molecule has 3 aromatic rings. The van der Waals surface area contributed by atoms with Crippen LogP contribution in [0.1, 0.15) is 15.9 Å². The number of pyridine rings is 1. The molecule has 3 rings (SSSR count). The van der Waals surface area contributed by atoms with Gasteiger partial charge >= 0.3 is 5.97 Å². The molecular formula is C19H16N2O2. The molecule has 0 amide bonds. The standard InChI is InChI=1S/C19H16N2O2/c22-19(23-21-13-15-7-3-1-4-8-15)18-14-20-12-11-17(18)16-9-5-2-6-10-16/h1-12,14,21H,13H2. The predicted octanol–water partition coefficient (Wildman–Crippen LogP) is 3.61. The van der Waals surface area contributed by atoms with Crippen molar-refractivity contribution in [2.45, 2.75) is 6.54 Å². The van der Waals surface area contributed by atoms with Gasteiger partial charge in [-0.05, 0) is 22.8 Å². The summed E-state index contributed by atoms with van der Waals surface area (Å²) >= 11 is 0. The van der Waals surface area contributed by atoms with Gasteiger partial charge in [-0.1, -0.05) is 60.7 Å². The summed E-state index contributed by atoms with van der Waals surface area (Å²) in [7, 11) is 0. The molecule has 0 aliphatic heterocycles. The Balaban J connectivity index is 1.70. The number of carbonyl (C=O) groups is 1. The lowest BCUT2D eigenvalue weighted by Crippen LogP contribution is -2.20. The van der Waals surface area contributed by atoms with Crippen LogP contribution in [0, 0.1) is 0 Å². The number of rotatable bonds is 5. The number of nitrogens with zero attached hydrogens (tertiary/aromatic N) is 1. The average Bonchev–Trinajstić information content (AvgIpc) is 2.63. The van der Waals surface area contributed by atoms with Gasteiger partial charge in [-0.15, -0.1) is 5.48 Å². The van der Waals surface area contributed by atoms with Crippen molar-refractivity contribution in [1.29, 1.82) is 0 Å². The highest BCUT2D eigenvalue weighted by atomic mass is 16.7. The van der Waals surface area contributed by atoms with E-state index in [4.69, 9.17) is 4.84 Å². The first-order chi connectivity index (χ1) is 11.3. The van der Waals surface area contributed by atoms with Crippen molar-refractivity contribution in [2.75, 3.05) is 0 Å². The second kappa shape index (κ2) is 7.33. The van der Waals surface area contributed by atoms with Crippen LogP contribution in [0.15, 0.2) is 79.1 Å². The number of aromatic nitrogens is 1. The molecule has 2 aromatic carbocycles. The first-order valence-corrected chi connectivity index (χ1v) is 7.32. The maximum atomic E-state index is 12.3. The Hall–Kier alpha value is -2.98. The van der Waals surface area contributed by atoms with Gasteiger partial charge < -0.3 is 4.84 Å². The zero-order chi connectivity index (χ0) is 15.9. The fourth-order valence-electron chi connectivity index (χ4n) is 2.26. The quantitative estimate of drug-likeness (QED) is 0.732. The zero-order valence-corrected chi connectivity index (χ0v) is 12.5. The third kappa shape index (κ3) is 3.81. The number of hydrogen-bond donors (Lipinski definition) is 1. The Kier molecular flexibility index (Phi) is 4.76. The lowest BCUT2D eigenvalue weighted by Gasteiger charge is -2.09. The molecule has 0 aliphatic rings. The summed E-state index contributed by atoms with van der Waals surface area (Å²) < 4.78 is 0. The van der Waals surface area contributed by atoms with Gasteiger partial charge in [0.2, 0.25) is 0 Å². The molecule has 0 radical (unpaired) electrons. The van der Waals surface area contributed by atoms with E-state index in [1.807, 2.05) is 66.7 Å². The Morgan fingerprint density at radius 3 is 2.39 bits per heavy atom. The molecule has 0 unspecified atom stereocenters. The van der Waals surface area contributed by atoms with Gasteiger partial charge in [0, 0.05) is 12.4 Å². The van der Waals surface area contributed by atoms with Crippen LogP contribution in [0.3, 0.4) is 0 Å². The maximum absolute atomic E-state index is 12.3. The van der Waals surface area contributed by atoms with E-state index in [2.05, 4.69) is 10.5 Å². The van der Waals surface area contributed by atoms with E-state index in [0.717, 1.165) is 16.7 Å². The van der Waals surface area contributed by atoms with Crippen molar-refractivity contribution in [3.05, 3.63) is 90.3 Å². The van der Waals surface area contributed by atoms with E-state index in [1.165, 1.54) is 6.20 Å². The van der Waals surface area contributed by atoms with Gasteiger partial charge in [0.15, 0.2) is 0 Å². The molecule has 0 spiro atoms. The first-order valence-electron chi connectivity index (χ1n) is 7.32. The van der Waals surface area contributed by atoms with Gasteiger partial charge in [0.25, 0.3) is 0 Å². The highest BCUT2D eigenvalue weighted by Gasteiger charge is 2.14. The smallest absolute Gasteiger partial charge is 0.359 e. The summed E-state index contributed by atoms with van der Waals surface area (Å²) in [5, 5.41) is 0. The summed E-state index contributed by atoms with van der Waals surface area (Å²) in [5.74, 6) is -0.451. The highest BCUT2D eigenvalue weighted by Crippen LogP contribution is 2.22. The number of nitrogens with one attached hydrogen (secondary N) is 1. The molecule has 1 heterocycles. The number of hydroxylamine groups is 1. The second-order valence-corrected chi connectivity index (χ2v) is 4.98. The molecule has 0 bridgehead atoms. The third-order valence-corrected chi connectivity index (χ3v) is 3.41. The summed E-state index contributed by atoms with van der Waals surface area (Å²) in [4.78, 5) is 21.5. The minimum Gasteiger partial charge on any atom is -0.366 e. The summed E-state index contributed by atoms with van der Waals surface area (Å²) in [6.07, 6.45) is 3.19. The molecule has 1 N–H and O–H groups in total. The highest BCUT2D eigenvalue weighted by molar-refractivity contribution is 5.96. The van der Waals surface area contributed by atoms with Crippen molar-refractivity contribution in [3.63, 3.8) is 0 Å². The molecule has 0 fully saturated rings. The lowest BCUT2D eigenvalue weighted by molar-refractivity contribution is 0.0238. The summed E-state index contributed by atoms with van der Waals surface area (Å²) in [6.45, 7) is 0.452. The SMILES string of the molecule is O=C(ONCc1ccccc1)c1cnccc1-c1ccccc1. The van der Waals surface area contributed by atoms with Crippen molar-refractivity contribution in [1.82, 2.24) is 10.5 Å². The van der Waals surface area contributed by atoms with E-state index < -0.39 is 5.97 Å². The minimum atomic E-state index is -0.451. The van der Waals surface area contributed by atoms with Crippen LogP contribution in [0.2, 0.25) is 0 Å². The number of benzene rings is 2. The normalized spacial score (nSPS) is 10.3. The van der Waals surface area contributed by atoms with Crippen LogP contribution in [-0.2, 0) is 11.4 Å². The molecule has 1 aromatic heterocycles. The third-order valence-electron chi connectivity index (χ3n) is 3.41. The molecule has 0 aliphatic carbocycles. The van der Waals surface area contributed by atoms with Gasteiger partial charge in [0.1, 0.15) is 0 Å². The van der Waals surface area contributed by atoms with E-state index in [-0.39, 0.29) is 0 Å². The van der Waals surface area contributed by atoms with E-state index in [0.29, 0.717) is 12.1 Å². The molecule has 114 valence electrons. The molecule has 4 heteroatoms. The number of carbonyl (C=O) groups excluding carboxylic acids is 1. The van der Waals surface area contributed by atoms with Crippen LogP contribution in [0.5, 0.6) is 0 Å². The van der Waals surface area contributed by atoms with Gasteiger partial charge in [0.05, 0.1) is 12.1 Å². The van der Waals surface area contributed by atoms with Crippen molar-refractivity contribution < 1.29 is 9.63 Å². The minimum absolute atomic E-state index is 0.430. The van der Waals surface area contributed by atoms with Crippen LogP contribution in [-0.4, -0.2) is 11.0 Å². The van der Waals surface area contributed by atoms with Crippen molar-refractivity contribution in [2.24, 2.45) is 0 Å². The van der Waals surface area contributed by atoms with Crippen molar-refractivity contribution in [3.8, 4) is 11.1 Å². The molecule has 0 saturated heterocycles. The largest absolute Gasteiger partial charge is 0.366 e. The van der Waals surface area contributed by atoms with Crippen LogP contribution in [0.4, 0.5) is 0 Å². The second-order valence-electron chi connectivity index (χ2n) is 4.98. The number of hydrogen-bond acceptors (Lipinski definition) is 4. The fourth-order valence-corrected chi connectivity index (χ4v) is 2.26. The van der Waals surface area contributed by atoms with Gasteiger partial charge in [-0.3, -0.25) is 4.98 Å². The summed E-state index contributed by atoms with van der Waals surface area (Å²) in [5.41, 5.74) is 5.92. The molecular weight excluding hydrogens is 288 g/mol.